The van der Waals surface area contributed by atoms with Crippen molar-refractivity contribution in [1.29, 1.82) is 0 Å². The number of rotatable bonds is 7. The summed E-state index contributed by atoms with van der Waals surface area (Å²) in [6.45, 7) is 18.5. The Bertz CT molecular complexity index is 618. The van der Waals surface area contributed by atoms with E-state index in [1.807, 2.05) is 19.9 Å². The van der Waals surface area contributed by atoms with Gasteiger partial charge in [-0.2, -0.15) is 0 Å². The topological polar surface area (TPSA) is 55.7 Å². The predicted octanol–water partition coefficient (Wildman–Crippen LogP) is 6.36. The molecular formula is C21H36O4Si. The molecule has 0 radical (unpaired) electrons. The van der Waals surface area contributed by atoms with Gasteiger partial charge in [0.2, 0.25) is 8.32 Å². The van der Waals surface area contributed by atoms with Gasteiger partial charge in [-0.1, -0.05) is 41.5 Å². The van der Waals surface area contributed by atoms with E-state index in [1.54, 1.807) is 18.6 Å². The minimum atomic E-state index is -1.75. The molecule has 0 aliphatic heterocycles. The van der Waals surface area contributed by atoms with Crippen LogP contribution in [0.2, 0.25) is 16.6 Å². The molecule has 0 spiro atoms. The van der Waals surface area contributed by atoms with Crippen molar-refractivity contribution in [1.82, 2.24) is 0 Å². The van der Waals surface area contributed by atoms with E-state index in [0.717, 1.165) is 17.1 Å². The van der Waals surface area contributed by atoms with Crippen molar-refractivity contribution in [2.75, 3.05) is 0 Å². The largest absolute Gasteiger partial charge is 0.469 e. The Morgan fingerprint density at radius 2 is 1.27 bits per heavy atom. The van der Waals surface area contributed by atoms with Crippen LogP contribution >= 0.6 is 0 Å². The second-order valence-corrected chi connectivity index (χ2v) is 13.2. The zero-order valence-electron chi connectivity index (χ0n) is 17.6. The van der Waals surface area contributed by atoms with Gasteiger partial charge in [0.05, 0.1) is 25.7 Å². The highest BCUT2D eigenvalue weighted by molar-refractivity contribution is 6.77. The highest BCUT2D eigenvalue weighted by atomic mass is 28.4. The molecule has 0 saturated heterocycles. The van der Waals surface area contributed by atoms with Gasteiger partial charge < -0.3 is 18.4 Å². The van der Waals surface area contributed by atoms with E-state index in [2.05, 4.69) is 41.5 Å². The molecule has 5 heteroatoms. The normalized spacial score (nSPS) is 12.0. The molecule has 0 unspecified atom stereocenters. The van der Waals surface area contributed by atoms with Crippen LogP contribution in [-0.2, 0) is 17.6 Å². The lowest BCUT2D eigenvalue weighted by Crippen LogP contribution is -2.47. The summed E-state index contributed by atoms with van der Waals surface area (Å²) in [5.74, 6) is 1.78. The van der Waals surface area contributed by atoms with Crippen LogP contribution in [0.3, 0.4) is 0 Å². The van der Waals surface area contributed by atoms with E-state index < -0.39 is 8.32 Å². The zero-order chi connectivity index (χ0) is 19.9. The van der Waals surface area contributed by atoms with E-state index >= 15 is 0 Å². The number of hydrogen-bond donors (Lipinski definition) is 1. The summed E-state index contributed by atoms with van der Waals surface area (Å²) < 4.78 is 16.8. The summed E-state index contributed by atoms with van der Waals surface area (Å²) in [4.78, 5) is 0. The predicted molar refractivity (Wildman–Crippen MR) is 109 cm³/mol. The molecule has 0 bridgehead atoms. The summed E-state index contributed by atoms with van der Waals surface area (Å²) in [5, 5.41) is 8.55. The van der Waals surface area contributed by atoms with Crippen LogP contribution in [0, 0.1) is 13.8 Å². The van der Waals surface area contributed by atoms with E-state index in [1.165, 1.54) is 5.56 Å². The molecule has 0 fully saturated rings. The number of hydrogen-bond acceptors (Lipinski definition) is 4. The van der Waals surface area contributed by atoms with Gasteiger partial charge in [0, 0.05) is 11.1 Å². The summed E-state index contributed by atoms with van der Waals surface area (Å²) >= 11 is 0. The van der Waals surface area contributed by atoms with Gasteiger partial charge in [0.1, 0.15) is 11.5 Å². The highest BCUT2D eigenvalue weighted by Gasteiger charge is 2.45. The average molecular weight is 381 g/mol. The van der Waals surface area contributed by atoms with Crippen LogP contribution in [0.5, 0.6) is 0 Å². The number of aryl methyl sites for hydroxylation is 2. The third-order valence-electron chi connectivity index (χ3n) is 5.29. The second kappa shape index (κ2) is 10.1. The molecule has 0 atom stereocenters. The summed E-state index contributed by atoms with van der Waals surface area (Å²) in [6.07, 6.45) is 3.32. The maximum Gasteiger partial charge on any atom is 0.200 e. The van der Waals surface area contributed by atoms with Crippen molar-refractivity contribution >= 4 is 8.32 Å². The molecule has 1 N–H and O–H groups in total. The van der Waals surface area contributed by atoms with Gasteiger partial charge >= 0.3 is 0 Å². The standard InChI is InChI=1S/C15H28O2Si.C6H8O2/c1-11(2)18(12(3)4,13(5)6)17-10-15-8-9-16-14(15)7;1-5-6(4-7)2-3-8-5/h8-9,11-13H,10H2,1-7H3;2-3,7H,4H2,1H3. The fraction of sp³-hybridized carbons (Fsp3) is 0.619. The SMILES string of the molecule is Cc1occc1CO.Cc1occc1CO[Si](C(C)C)(C(C)C)C(C)C. The molecule has 0 amide bonds. The molecule has 2 heterocycles. The molecule has 2 aromatic heterocycles. The van der Waals surface area contributed by atoms with Crippen LogP contribution < -0.4 is 0 Å². The van der Waals surface area contributed by atoms with E-state index in [-0.39, 0.29) is 6.61 Å². The maximum atomic E-state index is 8.55. The van der Waals surface area contributed by atoms with Crippen LogP contribution in [0.1, 0.15) is 64.2 Å². The lowest BCUT2D eigenvalue weighted by atomic mass is 10.3. The smallest absolute Gasteiger partial charge is 0.200 e. The van der Waals surface area contributed by atoms with Gasteiger partial charge in [-0.3, -0.25) is 0 Å². The lowest BCUT2D eigenvalue weighted by molar-refractivity contribution is 0.263. The van der Waals surface area contributed by atoms with Crippen molar-refractivity contribution in [3.63, 3.8) is 0 Å². The van der Waals surface area contributed by atoms with E-state index in [4.69, 9.17) is 18.4 Å². The van der Waals surface area contributed by atoms with Crippen molar-refractivity contribution in [2.45, 2.75) is 85.2 Å². The fourth-order valence-corrected chi connectivity index (χ4v) is 9.24. The zero-order valence-corrected chi connectivity index (χ0v) is 18.6. The monoisotopic (exact) mass is 380 g/mol. The Morgan fingerprint density at radius 3 is 1.54 bits per heavy atom. The first-order chi connectivity index (χ1) is 12.2. The third kappa shape index (κ3) is 5.35. The molecule has 148 valence electrons. The third-order valence-corrected chi connectivity index (χ3v) is 11.3. The van der Waals surface area contributed by atoms with Crippen molar-refractivity contribution < 1.29 is 18.4 Å². The average Bonchev–Trinajstić information content (AvgIpc) is 3.15. The van der Waals surface area contributed by atoms with E-state index in [0.29, 0.717) is 23.2 Å². The summed E-state index contributed by atoms with van der Waals surface area (Å²) in [6, 6.07) is 3.78. The quantitative estimate of drug-likeness (QED) is 0.568. The first-order valence-electron chi connectivity index (χ1n) is 9.47. The van der Waals surface area contributed by atoms with Gasteiger partial charge in [0.15, 0.2) is 0 Å². The summed E-state index contributed by atoms with van der Waals surface area (Å²) in [5.41, 5.74) is 3.94. The van der Waals surface area contributed by atoms with Crippen LogP contribution in [-0.4, -0.2) is 13.4 Å². The number of aliphatic hydroxyl groups excluding tert-OH is 1. The molecule has 0 aliphatic carbocycles. The van der Waals surface area contributed by atoms with Crippen LogP contribution in [0.25, 0.3) is 0 Å². The molecule has 2 aromatic rings. The maximum absolute atomic E-state index is 8.55. The van der Waals surface area contributed by atoms with Crippen molar-refractivity contribution in [2.24, 2.45) is 0 Å². The van der Waals surface area contributed by atoms with Gasteiger partial charge in [-0.15, -0.1) is 0 Å². The molecule has 0 aromatic carbocycles. The number of aliphatic hydroxyl groups is 1. The van der Waals surface area contributed by atoms with Gasteiger partial charge in [-0.05, 0) is 42.6 Å². The number of furan rings is 2. The van der Waals surface area contributed by atoms with Gasteiger partial charge in [0.25, 0.3) is 0 Å². The van der Waals surface area contributed by atoms with Crippen molar-refractivity contribution in [3.05, 3.63) is 47.3 Å². The van der Waals surface area contributed by atoms with E-state index in [9.17, 15) is 0 Å². The molecule has 0 aliphatic rings. The van der Waals surface area contributed by atoms with Gasteiger partial charge in [-0.25, -0.2) is 0 Å². The Morgan fingerprint density at radius 1 is 0.846 bits per heavy atom. The first-order valence-corrected chi connectivity index (χ1v) is 11.6. The minimum absolute atomic E-state index is 0.0718. The minimum Gasteiger partial charge on any atom is -0.469 e. The van der Waals surface area contributed by atoms with Crippen LogP contribution in [0.15, 0.2) is 33.5 Å². The first kappa shape index (κ1) is 22.7. The Balaban J connectivity index is 0.000000350. The summed E-state index contributed by atoms with van der Waals surface area (Å²) in [7, 11) is -1.75. The fourth-order valence-electron chi connectivity index (χ4n) is 3.84. The molecular weight excluding hydrogens is 344 g/mol. The Hall–Kier alpha value is -1.30. The molecule has 2 rings (SSSR count). The molecule has 26 heavy (non-hydrogen) atoms. The molecule has 4 nitrogen and oxygen atoms in total. The second-order valence-electron chi connectivity index (χ2n) is 7.77. The van der Waals surface area contributed by atoms with Crippen LogP contribution in [0.4, 0.5) is 0 Å². The Kier molecular flexibility index (Phi) is 8.87. The Labute approximate surface area is 159 Å². The lowest BCUT2D eigenvalue weighted by Gasteiger charge is -2.42. The van der Waals surface area contributed by atoms with Crippen molar-refractivity contribution in [3.8, 4) is 0 Å². The highest BCUT2D eigenvalue weighted by Crippen LogP contribution is 2.42. The molecule has 0 saturated carbocycles.